The zero-order chi connectivity index (χ0) is 30.2. The molecule has 1 aromatic carbocycles. The fourth-order valence-electron chi connectivity index (χ4n) is 6.82. The predicted molar refractivity (Wildman–Crippen MR) is 158 cm³/mol. The largest absolute Gasteiger partial charge is 0.449 e. The maximum absolute atomic E-state index is 15.5. The molecule has 0 spiro atoms. The van der Waals surface area contributed by atoms with Crippen LogP contribution in [-0.4, -0.2) is 81.2 Å². The molecule has 4 atom stereocenters. The molecule has 0 radical (unpaired) electrons. The molecule has 2 saturated heterocycles. The van der Waals surface area contributed by atoms with Crippen LogP contribution in [0.1, 0.15) is 94.6 Å². The molecule has 3 aliphatic rings. The average Bonchev–Trinajstić information content (AvgIpc) is 3.44. The third kappa shape index (κ3) is 5.80. The number of likely N-dealkylation sites (tertiary alicyclic amines) is 1. The number of piperazine rings is 1. The molecule has 1 N–H and O–H groups in total. The number of fused-ring (bicyclic) bond motifs is 1. The number of unbranched alkanes of at least 4 members (excludes halogenated alkanes) is 1. The summed E-state index contributed by atoms with van der Waals surface area (Å²) in [5.41, 5.74) is 1.33. The Morgan fingerprint density at radius 3 is 2.64 bits per heavy atom. The first-order valence-corrected chi connectivity index (χ1v) is 15.4. The van der Waals surface area contributed by atoms with Crippen molar-refractivity contribution in [1.82, 2.24) is 19.8 Å². The first-order valence-electron chi connectivity index (χ1n) is 15.0. The minimum Gasteiger partial charge on any atom is -0.449 e. The molecule has 1 aromatic heterocycles. The number of nitrogens with zero attached hydrogens (tertiary/aromatic N) is 5. The molecule has 5 rings (SSSR count). The molecular formula is C31H41ClFN5O4. The molecular weight excluding hydrogens is 561 g/mol. The summed E-state index contributed by atoms with van der Waals surface area (Å²) in [6.45, 7) is 10.2. The number of rotatable bonds is 7. The third-order valence-electron chi connectivity index (χ3n) is 9.07. The number of benzene rings is 1. The Morgan fingerprint density at radius 1 is 1.21 bits per heavy atom. The quantitative estimate of drug-likeness (QED) is 0.423. The number of ether oxygens (including phenoxy) is 1. The van der Waals surface area contributed by atoms with Crippen LogP contribution in [0.25, 0.3) is 0 Å². The van der Waals surface area contributed by atoms with E-state index in [0.29, 0.717) is 57.7 Å². The summed E-state index contributed by atoms with van der Waals surface area (Å²) in [5, 5.41) is 10.7. The van der Waals surface area contributed by atoms with Crippen molar-refractivity contribution in [3.63, 3.8) is 0 Å². The Kier molecular flexibility index (Phi) is 8.94. The summed E-state index contributed by atoms with van der Waals surface area (Å²) in [4.78, 5) is 42.2. The van der Waals surface area contributed by atoms with Crippen molar-refractivity contribution in [2.75, 3.05) is 37.7 Å². The highest BCUT2D eigenvalue weighted by atomic mass is 35.5. The minimum absolute atomic E-state index is 0.136. The molecule has 3 heterocycles. The zero-order valence-corrected chi connectivity index (χ0v) is 25.6. The molecule has 228 valence electrons. The Hall–Kier alpha value is -2.98. The van der Waals surface area contributed by atoms with Gasteiger partial charge in [0, 0.05) is 47.9 Å². The summed E-state index contributed by atoms with van der Waals surface area (Å²) in [6, 6.07) is 3.82. The van der Waals surface area contributed by atoms with Gasteiger partial charge >= 0.3 is 6.09 Å². The molecule has 9 nitrogen and oxygen atoms in total. The SMILES string of the molecule is CCCCOC(=O)N1C([C@@H](C(=O)N2CCN(c3ncnc4c3[C@H](C)C[C@H]4O)CC2)c2ccc(Cl)cc2F)CCC1(C)C. The average molecular weight is 602 g/mol. The number of amides is 2. The van der Waals surface area contributed by atoms with Crippen molar-refractivity contribution >= 4 is 29.4 Å². The second-order valence-electron chi connectivity index (χ2n) is 12.4. The molecule has 0 bridgehead atoms. The van der Waals surface area contributed by atoms with Crippen LogP contribution in [-0.2, 0) is 9.53 Å². The molecule has 11 heteroatoms. The topological polar surface area (TPSA) is 99.1 Å². The van der Waals surface area contributed by atoms with Crippen LogP contribution in [0, 0.1) is 5.82 Å². The van der Waals surface area contributed by atoms with E-state index in [1.165, 1.54) is 12.4 Å². The van der Waals surface area contributed by atoms with Gasteiger partial charge in [-0.3, -0.25) is 9.69 Å². The number of hydrogen-bond acceptors (Lipinski definition) is 7. The Labute approximate surface area is 252 Å². The normalized spacial score (nSPS) is 24.1. The molecule has 2 aliphatic heterocycles. The Balaban J connectivity index is 1.41. The molecule has 2 aromatic rings. The number of carbonyl (C=O) groups is 2. The van der Waals surface area contributed by atoms with Gasteiger partial charge in [-0.05, 0) is 57.6 Å². The fourth-order valence-corrected chi connectivity index (χ4v) is 6.98. The lowest BCUT2D eigenvalue weighted by molar-refractivity contribution is -0.134. The van der Waals surface area contributed by atoms with E-state index >= 15 is 4.39 Å². The molecule has 1 aliphatic carbocycles. The lowest BCUT2D eigenvalue weighted by Crippen LogP contribution is -2.55. The summed E-state index contributed by atoms with van der Waals surface area (Å²) in [6.07, 6.45) is 3.88. The second-order valence-corrected chi connectivity index (χ2v) is 12.8. The highest BCUT2D eigenvalue weighted by Gasteiger charge is 2.50. The summed E-state index contributed by atoms with van der Waals surface area (Å²) < 4.78 is 21.1. The van der Waals surface area contributed by atoms with Crippen molar-refractivity contribution in [3.05, 3.63) is 52.2 Å². The monoisotopic (exact) mass is 601 g/mol. The highest BCUT2D eigenvalue weighted by Crippen LogP contribution is 2.44. The van der Waals surface area contributed by atoms with E-state index in [0.717, 1.165) is 24.2 Å². The second kappa shape index (κ2) is 12.3. The van der Waals surface area contributed by atoms with Crippen LogP contribution in [0.5, 0.6) is 0 Å². The first kappa shape index (κ1) is 30.5. The van der Waals surface area contributed by atoms with Crippen LogP contribution in [0.15, 0.2) is 24.5 Å². The van der Waals surface area contributed by atoms with E-state index < -0.39 is 35.5 Å². The fraction of sp³-hybridized carbons (Fsp3) is 0.613. The lowest BCUT2D eigenvalue weighted by atomic mass is 9.87. The van der Waals surface area contributed by atoms with Crippen LogP contribution in [0.4, 0.5) is 15.0 Å². The number of aliphatic hydroxyl groups excluding tert-OH is 1. The van der Waals surface area contributed by atoms with Gasteiger partial charge in [0.1, 0.15) is 18.0 Å². The van der Waals surface area contributed by atoms with Crippen LogP contribution in [0.2, 0.25) is 5.02 Å². The summed E-state index contributed by atoms with van der Waals surface area (Å²) >= 11 is 6.09. The zero-order valence-electron chi connectivity index (χ0n) is 24.9. The standard InChI is InChI=1S/C31H41ClFN5O4/c1-5-6-15-42-30(41)38-23(9-10-31(38,3)4)26(21-8-7-20(32)17-22(21)33)29(40)37-13-11-36(12-14-37)28-25-19(2)16-24(39)27(25)34-18-35-28/h7-8,17-19,23-24,26,39H,5-6,9-16H2,1-4H3/t19-,23?,24-,26+/m1/s1. The van der Waals surface area contributed by atoms with Gasteiger partial charge < -0.3 is 19.6 Å². The number of anilines is 1. The Bertz CT molecular complexity index is 1320. The van der Waals surface area contributed by atoms with E-state index in [-0.39, 0.29) is 22.4 Å². The summed E-state index contributed by atoms with van der Waals surface area (Å²) in [5.74, 6) is -0.756. The number of carbonyl (C=O) groups excluding carboxylic acids is 2. The minimum atomic E-state index is -0.909. The number of aliphatic hydroxyl groups is 1. The third-order valence-corrected chi connectivity index (χ3v) is 9.31. The van der Waals surface area contributed by atoms with Crippen LogP contribution >= 0.6 is 11.6 Å². The van der Waals surface area contributed by atoms with Crippen LogP contribution in [0.3, 0.4) is 0 Å². The van der Waals surface area contributed by atoms with E-state index in [1.54, 1.807) is 21.9 Å². The van der Waals surface area contributed by atoms with Gasteiger partial charge in [0.25, 0.3) is 0 Å². The van der Waals surface area contributed by atoms with Gasteiger partial charge in [-0.25, -0.2) is 19.2 Å². The van der Waals surface area contributed by atoms with Gasteiger partial charge in [-0.2, -0.15) is 0 Å². The maximum Gasteiger partial charge on any atom is 0.410 e. The van der Waals surface area contributed by atoms with Crippen molar-refractivity contribution in [1.29, 1.82) is 0 Å². The lowest BCUT2D eigenvalue weighted by Gasteiger charge is -2.41. The van der Waals surface area contributed by atoms with Gasteiger partial charge in [-0.15, -0.1) is 0 Å². The molecule has 2 amide bonds. The van der Waals surface area contributed by atoms with Crippen LogP contribution < -0.4 is 4.90 Å². The molecule has 0 saturated carbocycles. The van der Waals surface area contributed by atoms with Gasteiger partial charge in [0.2, 0.25) is 5.91 Å². The number of halogens is 2. The van der Waals surface area contributed by atoms with Crippen molar-refractivity contribution in [3.8, 4) is 0 Å². The van der Waals surface area contributed by atoms with Gasteiger partial charge in [0.05, 0.1) is 30.4 Å². The van der Waals surface area contributed by atoms with E-state index in [9.17, 15) is 14.7 Å². The van der Waals surface area contributed by atoms with Gasteiger partial charge in [-0.1, -0.05) is 37.9 Å². The summed E-state index contributed by atoms with van der Waals surface area (Å²) in [7, 11) is 0. The van der Waals surface area contributed by atoms with E-state index in [1.807, 2.05) is 20.8 Å². The van der Waals surface area contributed by atoms with Crippen molar-refractivity contribution in [2.24, 2.45) is 0 Å². The van der Waals surface area contributed by atoms with Crippen molar-refractivity contribution in [2.45, 2.75) is 89.3 Å². The number of aromatic nitrogens is 2. The number of hydrogen-bond donors (Lipinski definition) is 1. The first-order chi connectivity index (χ1) is 20.0. The molecule has 1 unspecified atom stereocenters. The molecule has 42 heavy (non-hydrogen) atoms. The maximum atomic E-state index is 15.5. The van der Waals surface area contributed by atoms with E-state index in [2.05, 4.69) is 21.8 Å². The molecule has 2 fully saturated rings. The van der Waals surface area contributed by atoms with Crippen molar-refractivity contribution < 1.29 is 23.8 Å². The van der Waals surface area contributed by atoms with Gasteiger partial charge in [0.15, 0.2) is 0 Å². The highest BCUT2D eigenvalue weighted by molar-refractivity contribution is 6.30. The Morgan fingerprint density at radius 2 is 1.95 bits per heavy atom. The predicted octanol–water partition coefficient (Wildman–Crippen LogP) is 5.42. The smallest absolute Gasteiger partial charge is 0.410 e. The van der Waals surface area contributed by atoms with E-state index in [4.69, 9.17) is 16.3 Å².